The number of hydrogen-bond donors (Lipinski definition) is 1. The zero-order valence-electron chi connectivity index (χ0n) is 7.95. The third-order valence-corrected chi connectivity index (χ3v) is 1.94. The zero-order valence-corrected chi connectivity index (χ0v) is 8.71. The van der Waals surface area contributed by atoms with Gasteiger partial charge >= 0.3 is 5.69 Å². The van der Waals surface area contributed by atoms with Crippen LogP contribution in [0.2, 0.25) is 5.02 Å². The van der Waals surface area contributed by atoms with E-state index in [0.29, 0.717) is 12.1 Å². The van der Waals surface area contributed by atoms with Crippen LogP contribution in [-0.4, -0.2) is 23.5 Å². The zero-order chi connectivity index (χ0) is 11.3. The van der Waals surface area contributed by atoms with E-state index in [1.165, 1.54) is 6.20 Å². The molecule has 0 atom stereocenters. The number of hydrogen-bond acceptors (Lipinski definition) is 4. The van der Waals surface area contributed by atoms with Gasteiger partial charge in [-0.05, 0) is 7.05 Å². The summed E-state index contributed by atoms with van der Waals surface area (Å²) >= 11 is 5.78. The molecule has 0 bridgehead atoms. The Morgan fingerprint density at radius 3 is 3.00 bits per heavy atom. The molecule has 1 N–H and O–H groups in total. The number of nitrogens with one attached hydrogen (secondary N) is 1. The molecule has 1 heterocycles. The van der Waals surface area contributed by atoms with E-state index < -0.39 is 4.92 Å². The number of nitro groups is 1. The van der Waals surface area contributed by atoms with Crippen molar-refractivity contribution in [3.8, 4) is 11.8 Å². The van der Waals surface area contributed by atoms with E-state index in [-0.39, 0.29) is 10.7 Å². The summed E-state index contributed by atoms with van der Waals surface area (Å²) in [5.74, 6) is 5.45. The minimum Gasteiger partial charge on any atom is -0.309 e. The third kappa shape index (κ3) is 2.91. The van der Waals surface area contributed by atoms with Gasteiger partial charge in [0.25, 0.3) is 0 Å². The highest BCUT2D eigenvalue weighted by Crippen LogP contribution is 2.25. The first kappa shape index (κ1) is 11.4. The second-order valence-corrected chi connectivity index (χ2v) is 2.99. The Labute approximate surface area is 91.6 Å². The lowest BCUT2D eigenvalue weighted by atomic mass is 10.2. The quantitative estimate of drug-likeness (QED) is 0.467. The van der Waals surface area contributed by atoms with Crippen LogP contribution in [-0.2, 0) is 0 Å². The Morgan fingerprint density at radius 1 is 1.67 bits per heavy atom. The van der Waals surface area contributed by atoms with Gasteiger partial charge in [-0.25, -0.2) is 0 Å². The first-order valence-electron chi connectivity index (χ1n) is 4.08. The maximum absolute atomic E-state index is 10.5. The third-order valence-electron chi connectivity index (χ3n) is 1.55. The molecule has 0 aliphatic heterocycles. The molecule has 0 aliphatic rings. The van der Waals surface area contributed by atoms with Crippen LogP contribution >= 0.6 is 11.6 Å². The van der Waals surface area contributed by atoms with Crippen molar-refractivity contribution in [1.29, 1.82) is 0 Å². The van der Waals surface area contributed by atoms with Gasteiger partial charge in [-0.15, -0.1) is 0 Å². The SMILES string of the molecule is CNCC#Cc1cncc([N+](=O)[O-])c1Cl. The van der Waals surface area contributed by atoms with Crippen molar-refractivity contribution in [2.75, 3.05) is 13.6 Å². The Kier molecular flexibility index (Phi) is 4.03. The summed E-state index contributed by atoms with van der Waals surface area (Å²) in [7, 11) is 1.75. The van der Waals surface area contributed by atoms with E-state index in [2.05, 4.69) is 22.1 Å². The molecule has 15 heavy (non-hydrogen) atoms. The molecule has 0 spiro atoms. The average Bonchev–Trinajstić information content (AvgIpc) is 2.20. The monoisotopic (exact) mass is 225 g/mol. The van der Waals surface area contributed by atoms with E-state index in [4.69, 9.17) is 11.6 Å². The molecule has 1 aromatic rings. The van der Waals surface area contributed by atoms with Crippen molar-refractivity contribution in [3.05, 3.63) is 33.1 Å². The van der Waals surface area contributed by atoms with Gasteiger partial charge in [0.2, 0.25) is 0 Å². The van der Waals surface area contributed by atoms with Gasteiger partial charge in [-0.3, -0.25) is 15.1 Å². The fourth-order valence-electron chi connectivity index (χ4n) is 0.876. The summed E-state index contributed by atoms with van der Waals surface area (Å²) in [5.41, 5.74) is 0.133. The van der Waals surface area contributed by atoms with Gasteiger partial charge < -0.3 is 5.32 Å². The molecular weight excluding hydrogens is 218 g/mol. The largest absolute Gasteiger partial charge is 0.309 e. The molecule has 0 unspecified atom stereocenters. The van der Waals surface area contributed by atoms with Crippen molar-refractivity contribution < 1.29 is 4.92 Å². The van der Waals surface area contributed by atoms with Gasteiger partial charge in [0.1, 0.15) is 11.2 Å². The topological polar surface area (TPSA) is 68.1 Å². The van der Waals surface area contributed by atoms with Gasteiger partial charge in [0.15, 0.2) is 0 Å². The lowest BCUT2D eigenvalue weighted by Gasteiger charge is -1.96. The highest BCUT2D eigenvalue weighted by Gasteiger charge is 2.14. The van der Waals surface area contributed by atoms with E-state index >= 15 is 0 Å². The molecule has 0 aromatic carbocycles. The molecule has 1 rings (SSSR count). The molecule has 0 saturated heterocycles. The fraction of sp³-hybridized carbons (Fsp3) is 0.222. The summed E-state index contributed by atoms with van der Waals surface area (Å²) in [4.78, 5) is 13.6. The summed E-state index contributed by atoms with van der Waals surface area (Å²) in [5, 5.41) is 13.4. The first-order chi connectivity index (χ1) is 7.16. The van der Waals surface area contributed by atoms with Crippen LogP contribution in [0.15, 0.2) is 12.4 Å². The van der Waals surface area contributed by atoms with Crippen LogP contribution in [0, 0.1) is 22.0 Å². The molecule has 5 nitrogen and oxygen atoms in total. The smallest absolute Gasteiger partial charge is 0.307 e. The number of nitrogens with zero attached hydrogens (tertiary/aromatic N) is 2. The van der Waals surface area contributed by atoms with Gasteiger partial charge in [0.05, 0.1) is 17.0 Å². The molecule has 1 aromatic heterocycles. The van der Waals surface area contributed by atoms with Crippen molar-refractivity contribution in [3.63, 3.8) is 0 Å². The van der Waals surface area contributed by atoms with Crippen molar-refractivity contribution in [1.82, 2.24) is 10.3 Å². The summed E-state index contributed by atoms with van der Waals surface area (Å²) in [6, 6.07) is 0. The van der Waals surface area contributed by atoms with Crippen LogP contribution in [0.5, 0.6) is 0 Å². The average molecular weight is 226 g/mol. The van der Waals surface area contributed by atoms with Gasteiger partial charge in [-0.2, -0.15) is 0 Å². The molecule has 0 amide bonds. The summed E-state index contributed by atoms with van der Waals surface area (Å²) in [6.07, 6.45) is 2.50. The lowest BCUT2D eigenvalue weighted by molar-refractivity contribution is -0.385. The summed E-state index contributed by atoms with van der Waals surface area (Å²) < 4.78 is 0. The predicted molar refractivity (Wildman–Crippen MR) is 56.7 cm³/mol. The van der Waals surface area contributed by atoms with E-state index in [1.54, 1.807) is 7.05 Å². The Bertz CT molecular complexity index is 437. The standard InChI is InChI=1S/C9H8ClN3O2/c1-11-4-2-3-7-5-12-6-8(9(7)10)13(14)15/h5-6,11H,4H2,1H3. The van der Waals surface area contributed by atoms with Crippen molar-refractivity contribution in [2.24, 2.45) is 0 Å². The van der Waals surface area contributed by atoms with Crippen LogP contribution < -0.4 is 5.32 Å². The predicted octanol–water partition coefficient (Wildman–Crippen LogP) is 1.21. The van der Waals surface area contributed by atoms with Crippen LogP contribution in [0.3, 0.4) is 0 Å². The van der Waals surface area contributed by atoms with Crippen LogP contribution in [0.4, 0.5) is 5.69 Å². The molecule has 0 radical (unpaired) electrons. The molecule has 0 fully saturated rings. The molecule has 0 aliphatic carbocycles. The highest BCUT2D eigenvalue weighted by molar-refractivity contribution is 6.33. The maximum atomic E-state index is 10.5. The number of aromatic nitrogens is 1. The van der Waals surface area contributed by atoms with Crippen molar-refractivity contribution in [2.45, 2.75) is 0 Å². The normalized spacial score (nSPS) is 9.20. The maximum Gasteiger partial charge on any atom is 0.307 e. The highest BCUT2D eigenvalue weighted by atomic mass is 35.5. The minimum atomic E-state index is -0.585. The Balaban J connectivity index is 3.06. The molecule has 0 saturated carbocycles. The minimum absolute atomic E-state index is 0.0265. The molecular formula is C9H8ClN3O2. The second-order valence-electron chi connectivity index (χ2n) is 2.61. The van der Waals surface area contributed by atoms with E-state index in [9.17, 15) is 10.1 Å². The lowest BCUT2D eigenvalue weighted by Crippen LogP contribution is -2.04. The van der Waals surface area contributed by atoms with Gasteiger partial charge in [0, 0.05) is 6.20 Å². The summed E-state index contributed by atoms with van der Waals surface area (Å²) in [6.45, 7) is 0.485. The van der Waals surface area contributed by atoms with Gasteiger partial charge in [-0.1, -0.05) is 23.4 Å². The Hall–Kier alpha value is -1.64. The van der Waals surface area contributed by atoms with Crippen LogP contribution in [0.25, 0.3) is 0 Å². The van der Waals surface area contributed by atoms with E-state index in [1.807, 2.05) is 0 Å². The Morgan fingerprint density at radius 2 is 2.40 bits per heavy atom. The number of pyridine rings is 1. The fourth-order valence-corrected chi connectivity index (χ4v) is 1.09. The molecule has 6 heteroatoms. The first-order valence-corrected chi connectivity index (χ1v) is 4.46. The number of halogens is 1. The van der Waals surface area contributed by atoms with E-state index in [0.717, 1.165) is 6.20 Å². The van der Waals surface area contributed by atoms with Crippen LogP contribution in [0.1, 0.15) is 5.56 Å². The molecule has 78 valence electrons. The van der Waals surface area contributed by atoms with Crippen molar-refractivity contribution >= 4 is 17.3 Å². The second kappa shape index (κ2) is 5.29. The number of rotatable bonds is 2.